The molecule has 23 heavy (non-hydrogen) atoms. The maximum absolute atomic E-state index is 12.7. The molecule has 0 N–H and O–H groups in total. The average molecular weight is 404 g/mol. The number of carbonyl (C=O) groups excluding carboxylic acids is 1. The third-order valence-corrected chi connectivity index (χ3v) is 4.85. The van der Waals surface area contributed by atoms with E-state index in [1.54, 1.807) is 45.1 Å². The summed E-state index contributed by atoms with van der Waals surface area (Å²) >= 11 is 3.22. The lowest BCUT2D eigenvalue weighted by Crippen LogP contribution is -2.40. The Morgan fingerprint density at radius 1 is 1.22 bits per heavy atom. The fraction of sp³-hybridized carbons (Fsp3) is 0.438. The van der Waals surface area contributed by atoms with E-state index in [9.17, 15) is 13.2 Å². The molecule has 0 fully saturated rings. The number of halogens is 1. The summed E-state index contributed by atoms with van der Waals surface area (Å²) in [5.41, 5.74) is 0.157. The van der Waals surface area contributed by atoms with Gasteiger partial charge in [-0.05, 0) is 39.8 Å². The van der Waals surface area contributed by atoms with Crippen LogP contribution < -0.4 is 0 Å². The maximum atomic E-state index is 12.7. The number of sulfonamides is 1. The lowest BCUT2D eigenvalue weighted by Gasteiger charge is -2.26. The SMILES string of the molecule is Cc1ccc(S(=O)(=O)N(C/C=C/CBr)C(=O)OC(C)(C)C)cc1. The highest BCUT2D eigenvalue weighted by Gasteiger charge is 2.32. The number of hydrogen-bond donors (Lipinski definition) is 0. The van der Waals surface area contributed by atoms with E-state index in [1.165, 1.54) is 12.1 Å². The van der Waals surface area contributed by atoms with E-state index in [0.717, 1.165) is 9.87 Å². The van der Waals surface area contributed by atoms with Crippen LogP contribution in [0.3, 0.4) is 0 Å². The highest BCUT2D eigenvalue weighted by Crippen LogP contribution is 2.19. The predicted molar refractivity (Wildman–Crippen MR) is 94.2 cm³/mol. The molecular weight excluding hydrogens is 382 g/mol. The molecule has 1 aromatic rings. The molecule has 0 spiro atoms. The first-order valence-electron chi connectivity index (χ1n) is 7.11. The monoisotopic (exact) mass is 403 g/mol. The summed E-state index contributed by atoms with van der Waals surface area (Å²) in [6.45, 7) is 6.85. The molecule has 7 heteroatoms. The Labute approximate surface area is 146 Å². The van der Waals surface area contributed by atoms with Crippen molar-refractivity contribution in [3.05, 3.63) is 42.0 Å². The van der Waals surface area contributed by atoms with Crippen molar-refractivity contribution in [3.63, 3.8) is 0 Å². The molecule has 0 saturated heterocycles. The van der Waals surface area contributed by atoms with Gasteiger partial charge >= 0.3 is 6.09 Å². The Kier molecular flexibility index (Phi) is 6.83. The summed E-state index contributed by atoms with van der Waals surface area (Å²) in [4.78, 5) is 12.4. The van der Waals surface area contributed by atoms with E-state index >= 15 is 0 Å². The van der Waals surface area contributed by atoms with Crippen LogP contribution in [0.2, 0.25) is 0 Å². The van der Waals surface area contributed by atoms with Crippen molar-refractivity contribution in [2.75, 3.05) is 11.9 Å². The molecule has 128 valence electrons. The van der Waals surface area contributed by atoms with E-state index in [4.69, 9.17) is 4.74 Å². The molecule has 0 aliphatic heterocycles. The number of nitrogens with zero attached hydrogens (tertiary/aromatic N) is 1. The number of benzene rings is 1. The number of alkyl halides is 1. The van der Waals surface area contributed by atoms with Crippen molar-refractivity contribution in [3.8, 4) is 0 Å². The van der Waals surface area contributed by atoms with Gasteiger partial charge in [-0.3, -0.25) is 0 Å². The number of amides is 1. The highest BCUT2D eigenvalue weighted by atomic mass is 79.9. The number of aryl methyl sites for hydroxylation is 1. The van der Waals surface area contributed by atoms with Crippen LogP contribution in [0.5, 0.6) is 0 Å². The summed E-state index contributed by atoms with van der Waals surface area (Å²) < 4.78 is 31.5. The zero-order chi connectivity index (χ0) is 17.7. The Balaban J connectivity index is 3.18. The minimum Gasteiger partial charge on any atom is -0.443 e. The largest absolute Gasteiger partial charge is 0.443 e. The minimum absolute atomic E-state index is 0.0567. The van der Waals surface area contributed by atoms with E-state index in [2.05, 4.69) is 15.9 Å². The second-order valence-corrected chi connectivity index (χ2v) is 8.47. The number of rotatable bonds is 5. The van der Waals surface area contributed by atoms with Crippen molar-refractivity contribution in [1.29, 1.82) is 0 Å². The smallest absolute Gasteiger partial charge is 0.424 e. The van der Waals surface area contributed by atoms with E-state index < -0.39 is 21.7 Å². The minimum atomic E-state index is -3.98. The van der Waals surface area contributed by atoms with E-state index in [1.807, 2.05) is 6.92 Å². The van der Waals surface area contributed by atoms with Gasteiger partial charge < -0.3 is 4.74 Å². The standard InChI is InChI=1S/C16H22BrNO4S/c1-13-7-9-14(10-8-13)23(20,21)18(12-6-5-11-17)15(19)22-16(2,3)4/h5-10H,11-12H2,1-4H3/b6-5+. The summed E-state index contributed by atoms with van der Waals surface area (Å²) in [6, 6.07) is 6.34. The molecule has 0 saturated carbocycles. The summed E-state index contributed by atoms with van der Waals surface area (Å²) in [7, 11) is -3.98. The van der Waals surface area contributed by atoms with Crippen LogP contribution in [0.25, 0.3) is 0 Å². The Bertz CT molecular complexity index is 660. The lowest BCUT2D eigenvalue weighted by atomic mass is 10.2. The number of hydrogen-bond acceptors (Lipinski definition) is 4. The predicted octanol–water partition coefficient (Wildman–Crippen LogP) is 3.87. The highest BCUT2D eigenvalue weighted by molar-refractivity contribution is 9.09. The first kappa shape index (κ1) is 19.7. The van der Waals surface area contributed by atoms with Crippen LogP contribution in [0.4, 0.5) is 4.79 Å². The summed E-state index contributed by atoms with van der Waals surface area (Å²) in [6.07, 6.45) is 2.43. The zero-order valence-electron chi connectivity index (χ0n) is 13.7. The van der Waals surface area contributed by atoms with E-state index in [0.29, 0.717) is 5.33 Å². The molecule has 1 rings (SSSR count). The molecule has 0 unspecified atom stereocenters. The fourth-order valence-corrected chi connectivity index (χ4v) is 3.17. The van der Waals surface area contributed by atoms with Crippen molar-refractivity contribution < 1.29 is 17.9 Å². The Morgan fingerprint density at radius 2 is 1.78 bits per heavy atom. The van der Waals surface area contributed by atoms with E-state index in [-0.39, 0.29) is 11.4 Å². The molecule has 0 aliphatic rings. The van der Waals surface area contributed by atoms with Crippen molar-refractivity contribution in [2.24, 2.45) is 0 Å². The van der Waals surface area contributed by atoms with Gasteiger partial charge in [0, 0.05) is 5.33 Å². The van der Waals surface area contributed by atoms with Crippen LogP contribution in [0.1, 0.15) is 26.3 Å². The molecule has 0 aliphatic carbocycles. The van der Waals surface area contributed by atoms with Gasteiger partial charge in [0.2, 0.25) is 0 Å². The quantitative estimate of drug-likeness (QED) is 0.552. The Morgan fingerprint density at radius 3 is 2.26 bits per heavy atom. The molecule has 5 nitrogen and oxygen atoms in total. The van der Waals surface area contributed by atoms with Gasteiger partial charge in [0.1, 0.15) is 5.60 Å². The topological polar surface area (TPSA) is 63.7 Å². The molecule has 0 aromatic heterocycles. The van der Waals surface area contributed by atoms with Gasteiger partial charge in [0.15, 0.2) is 0 Å². The molecule has 0 heterocycles. The van der Waals surface area contributed by atoms with Crippen molar-refractivity contribution >= 4 is 32.0 Å². The summed E-state index contributed by atoms with van der Waals surface area (Å²) in [5, 5.41) is 0.569. The van der Waals surface area contributed by atoms with Gasteiger partial charge in [-0.1, -0.05) is 45.8 Å². The van der Waals surface area contributed by atoms with Gasteiger partial charge in [0.25, 0.3) is 10.0 Å². The number of allylic oxidation sites excluding steroid dienone is 1. The number of ether oxygens (including phenoxy) is 1. The summed E-state index contributed by atoms with van der Waals surface area (Å²) in [5.74, 6) is 0. The average Bonchev–Trinajstić information content (AvgIpc) is 2.41. The fourth-order valence-electron chi connectivity index (χ4n) is 1.65. The molecule has 0 atom stereocenters. The van der Waals surface area contributed by atoms with Crippen LogP contribution in [0.15, 0.2) is 41.3 Å². The van der Waals surface area contributed by atoms with Crippen LogP contribution in [-0.2, 0) is 14.8 Å². The van der Waals surface area contributed by atoms with Gasteiger partial charge in [-0.25, -0.2) is 13.2 Å². The normalized spacial score (nSPS) is 12.4. The zero-order valence-corrected chi connectivity index (χ0v) is 16.1. The van der Waals surface area contributed by atoms with Gasteiger partial charge in [-0.15, -0.1) is 0 Å². The second-order valence-electron chi connectivity index (χ2n) is 5.96. The molecule has 0 radical (unpaired) electrons. The third-order valence-electron chi connectivity index (χ3n) is 2.73. The van der Waals surface area contributed by atoms with Crippen molar-refractivity contribution in [1.82, 2.24) is 4.31 Å². The molecular formula is C16H22BrNO4S. The van der Waals surface area contributed by atoms with Gasteiger partial charge in [0.05, 0.1) is 11.4 Å². The van der Waals surface area contributed by atoms with Crippen molar-refractivity contribution in [2.45, 2.75) is 38.2 Å². The van der Waals surface area contributed by atoms with Gasteiger partial charge in [-0.2, -0.15) is 4.31 Å². The number of carbonyl (C=O) groups is 1. The Hall–Kier alpha value is -1.34. The molecule has 1 amide bonds. The maximum Gasteiger partial charge on any atom is 0.424 e. The first-order chi connectivity index (χ1) is 10.6. The molecule has 0 bridgehead atoms. The second kappa shape index (κ2) is 7.97. The first-order valence-corrected chi connectivity index (χ1v) is 9.67. The van der Waals surface area contributed by atoms with Crippen LogP contribution >= 0.6 is 15.9 Å². The van der Waals surface area contributed by atoms with Crippen LogP contribution in [-0.4, -0.2) is 36.3 Å². The molecule has 1 aromatic carbocycles. The lowest BCUT2D eigenvalue weighted by molar-refractivity contribution is 0.0404. The third kappa shape index (κ3) is 5.99. The van der Waals surface area contributed by atoms with Crippen LogP contribution in [0, 0.1) is 6.92 Å².